The quantitative estimate of drug-likeness (QED) is 0.693. The Kier molecular flexibility index (Phi) is 4.62. The molecule has 0 aliphatic rings. The van der Waals surface area contributed by atoms with Crippen LogP contribution < -0.4 is 9.44 Å². The first kappa shape index (κ1) is 14.4. The number of carboxylic acids is 1. The van der Waals surface area contributed by atoms with Crippen molar-refractivity contribution in [1.82, 2.24) is 9.71 Å². The monoisotopic (exact) mass is 273 g/mol. The maximum absolute atomic E-state index is 11.5. The van der Waals surface area contributed by atoms with E-state index in [2.05, 4.69) is 14.4 Å². The maximum atomic E-state index is 11.5. The normalized spacial score (nSPS) is 11.5. The van der Waals surface area contributed by atoms with E-state index in [9.17, 15) is 13.2 Å². The van der Waals surface area contributed by atoms with Crippen LogP contribution in [0.15, 0.2) is 18.3 Å². The average Bonchev–Trinajstić information content (AvgIpc) is 2.17. The van der Waals surface area contributed by atoms with Crippen LogP contribution in [0.25, 0.3) is 0 Å². The number of anilines is 1. The predicted octanol–water partition coefficient (Wildman–Crippen LogP) is 0.363. The highest BCUT2D eigenvalue weighted by atomic mass is 32.2. The van der Waals surface area contributed by atoms with Crippen LogP contribution in [-0.2, 0) is 21.4 Å². The van der Waals surface area contributed by atoms with Crippen molar-refractivity contribution in [3.05, 3.63) is 24.0 Å². The summed E-state index contributed by atoms with van der Waals surface area (Å²) in [7, 11) is -3.63. The predicted molar refractivity (Wildman–Crippen MR) is 66.4 cm³/mol. The van der Waals surface area contributed by atoms with Gasteiger partial charge in [-0.3, -0.25) is 14.5 Å². The maximum Gasteiger partial charge on any atom is 0.309 e. The summed E-state index contributed by atoms with van der Waals surface area (Å²) in [5.74, 6) is -0.989. The number of hydrogen-bond acceptors (Lipinski definition) is 4. The van der Waals surface area contributed by atoms with Crippen LogP contribution in [0.3, 0.4) is 0 Å². The minimum atomic E-state index is -3.63. The van der Waals surface area contributed by atoms with Crippen molar-refractivity contribution in [3.8, 4) is 0 Å². The molecule has 0 amide bonds. The molecule has 0 unspecified atom stereocenters. The van der Waals surface area contributed by atoms with Gasteiger partial charge in [-0.25, -0.2) is 0 Å². The van der Waals surface area contributed by atoms with Gasteiger partial charge in [0.05, 0.1) is 24.0 Å². The summed E-state index contributed by atoms with van der Waals surface area (Å²) in [5, 5.41) is 8.56. The highest BCUT2D eigenvalue weighted by Gasteiger charge is 2.11. The average molecular weight is 273 g/mol. The fourth-order valence-corrected chi connectivity index (χ4v) is 2.35. The van der Waals surface area contributed by atoms with Gasteiger partial charge in [-0.15, -0.1) is 0 Å². The Bertz CT molecular complexity index is 510. The van der Waals surface area contributed by atoms with Gasteiger partial charge in [0, 0.05) is 6.04 Å². The molecule has 1 rings (SSSR count). The Labute approximate surface area is 105 Å². The molecular weight excluding hydrogens is 258 g/mol. The summed E-state index contributed by atoms with van der Waals surface area (Å²) in [6.07, 6.45) is 1.08. The first-order chi connectivity index (χ1) is 8.28. The summed E-state index contributed by atoms with van der Waals surface area (Å²) >= 11 is 0. The van der Waals surface area contributed by atoms with Gasteiger partial charge in [-0.1, -0.05) is 0 Å². The molecule has 0 saturated carbocycles. The van der Waals surface area contributed by atoms with Gasteiger partial charge in [0.15, 0.2) is 0 Å². The van der Waals surface area contributed by atoms with E-state index in [1.165, 1.54) is 18.3 Å². The van der Waals surface area contributed by atoms with Crippen LogP contribution in [0.1, 0.15) is 19.5 Å². The van der Waals surface area contributed by atoms with E-state index in [0.29, 0.717) is 5.69 Å². The van der Waals surface area contributed by atoms with Crippen molar-refractivity contribution in [2.24, 2.45) is 0 Å². The summed E-state index contributed by atoms with van der Waals surface area (Å²) in [6.45, 7) is 3.40. The molecule has 0 aliphatic heterocycles. The molecule has 3 N–H and O–H groups in total. The molecule has 1 aromatic rings. The van der Waals surface area contributed by atoms with Crippen molar-refractivity contribution >= 4 is 21.9 Å². The van der Waals surface area contributed by atoms with Gasteiger partial charge < -0.3 is 5.11 Å². The van der Waals surface area contributed by atoms with Gasteiger partial charge in [0.1, 0.15) is 0 Å². The third kappa shape index (κ3) is 5.11. The highest BCUT2D eigenvalue weighted by Crippen LogP contribution is 2.08. The van der Waals surface area contributed by atoms with Gasteiger partial charge in [0.2, 0.25) is 0 Å². The van der Waals surface area contributed by atoms with Crippen LogP contribution >= 0.6 is 0 Å². The number of nitrogens with one attached hydrogen (secondary N) is 2. The Morgan fingerprint density at radius 1 is 1.44 bits per heavy atom. The van der Waals surface area contributed by atoms with Gasteiger partial charge >= 0.3 is 5.97 Å². The molecule has 8 heteroatoms. The molecule has 0 bridgehead atoms. The van der Waals surface area contributed by atoms with Gasteiger partial charge in [-0.2, -0.15) is 13.1 Å². The number of carbonyl (C=O) groups is 1. The fourth-order valence-electron chi connectivity index (χ4n) is 1.24. The van der Waals surface area contributed by atoms with E-state index in [1.54, 1.807) is 13.8 Å². The van der Waals surface area contributed by atoms with Crippen molar-refractivity contribution in [3.63, 3.8) is 0 Å². The van der Waals surface area contributed by atoms with Crippen LogP contribution in [0.5, 0.6) is 0 Å². The highest BCUT2D eigenvalue weighted by molar-refractivity contribution is 7.90. The van der Waals surface area contributed by atoms with E-state index in [4.69, 9.17) is 5.11 Å². The van der Waals surface area contributed by atoms with E-state index < -0.39 is 16.2 Å². The second-order valence-corrected chi connectivity index (χ2v) is 5.43. The number of rotatable bonds is 6. The smallest absolute Gasteiger partial charge is 0.309 e. The van der Waals surface area contributed by atoms with Gasteiger partial charge in [-0.05, 0) is 26.0 Å². The summed E-state index contributed by atoms with van der Waals surface area (Å²) in [6, 6.07) is 2.70. The van der Waals surface area contributed by atoms with Crippen molar-refractivity contribution in [1.29, 1.82) is 0 Å². The third-order valence-electron chi connectivity index (χ3n) is 1.80. The molecule has 1 aromatic heterocycles. The number of aromatic nitrogens is 1. The minimum absolute atomic E-state index is 0.197. The molecule has 0 saturated heterocycles. The first-order valence-corrected chi connectivity index (χ1v) is 6.73. The Morgan fingerprint density at radius 3 is 2.56 bits per heavy atom. The summed E-state index contributed by atoms with van der Waals surface area (Å²) < 4.78 is 27.7. The lowest BCUT2D eigenvalue weighted by atomic mass is 10.3. The molecule has 0 aliphatic carbocycles. The summed E-state index contributed by atoms with van der Waals surface area (Å²) in [5.41, 5.74) is 0.638. The molecule has 0 spiro atoms. The Morgan fingerprint density at radius 2 is 2.11 bits per heavy atom. The second kappa shape index (κ2) is 5.78. The van der Waals surface area contributed by atoms with Crippen LogP contribution in [-0.4, -0.2) is 30.5 Å². The molecule has 18 heavy (non-hydrogen) atoms. The Hall–Kier alpha value is -1.67. The number of carboxylic acid groups (broad SMARTS) is 1. The zero-order valence-electron chi connectivity index (χ0n) is 10.0. The molecule has 100 valence electrons. The second-order valence-electron chi connectivity index (χ2n) is 3.99. The van der Waals surface area contributed by atoms with E-state index >= 15 is 0 Å². The molecule has 0 fully saturated rings. The fraction of sp³-hybridized carbons (Fsp3) is 0.400. The van der Waals surface area contributed by atoms with E-state index in [-0.39, 0.29) is 18.2 Å². The number of hydrogen-bond donors (Lipinski definition) is 3. The standard InChI is InChI=1S/C10H15N3O4S/c1-7(2)12-18(16,17)13-9-4-3-8(11-6-9)5-10(14)15/h3-4,6-7,12-13H,5H2,1-2H3,(H,14,15). The molecule has 0 atom stereocenters. The molecular formula is C10H15N3O4S. The van der Waals surface area contributed by atoms with E-state index in [0.717, 1.165) is 0 Å². The largest absolute Gasteiger partial charge is 0.481 e. The number of aliphatic carboxylic acids is 1. The van der Waals surface area contributed by atoms with Crippen molar-refractivity contribution in [2.45, 2.75) is 26.3 Å². The van der Waals surface area contributed by atoms with Crippen LogP contribution in [0.2, 0.25) is 0 Å². The molecule has 0 radical (unpaired) electrons. The molecule has 7 nitrogen and oxygen atoms in total. The Balaban J connectivity index is 2.72. The van der Waals surface area contributed by atoms with Crippen LogP contribution in [0, 0.1) is 0 Å². The van der Waals surface area contributed by atoms with E-state index in [1.807, 2.05) is 0 Å². The molecule has 0 aromatic carbocycles. The first-order valence-electron chi connectivity index (χ1n) is 5.25. The lowest BCUT2D eigenvalue weighted by molar-refractivity contribution is -0.136. The molecule has 1 heterocycles. The number of nitrogens with zero attached hydrogens (tertiary/aromatic N) is 1. The lowest BCUT2D eigenvalue weighted by Gasteiger charge is -2.11. The van der Waals surface area contributed by atoms with Gasteiger partial charge in [0.25, 0.3) is 10.2 Å². The number of pyridine rings is 1. The topological polar surface area (TPSA) is 108 Å². The third-order valence-corrected chi connectivity index (χ3v) is 3.09. The summed E-state index contributed by atoms with van der Waals surface area (Å²) in [4.78, 5) is 14.3. The zero-order chi connectivity index (χ0) is 13.8. The SMILES string of the molecule is CC(C)NS(=O)(=O)Nc1ccc(CC(=O)O)nc1. The lowest BCUT2D eigenvalue weighted by Crippen LogP contribution is -2.35. The minimum Gasteiger partial charge on any atom is -0.481 e. The van der Waals surface area contributed by atoms with Crippen molar-refractivity contribution in [2.75, 3.05) is 4.72 Å². The van der Waals surface area contributed by atoms with Crippen LogP contribution in [0.4, 0.5) is 5.69 Å². The van der Waals surface area contributed by atoms with Crippen molar-refractivity contribution < 1.29 is 18.3 Å². The zero-order valence-corrected chi connectivity index (χ0v) is 10.9.